The molecular weight excluding hydrogens is 312 g/mol. The fourth-order valence-corrected chi connectivity index (χ4v) is 2.21. The number of aromatic nitrogens is 2. The van der Waals surface area contributed by atoms with Gasteiger partial charge in [-0.15, -0.1) is 0 Å². The molecule has 0 spiro atoms. The highest BCUT2D eigenvalue weighted by Gasteiger charge is 2.13. The molecule has 128 valence electrons. The van der Waals surface area contributed by atoms with E-state index in [4.69, 9.17) is 9.47 Å². The lowest BCUT2D eigenvalue weighted by atomic mass is 10.2. The van der Waals surface area contributed by atoms with E-state index in [1.54, 1.807) is 45.2 Å². The van der Waals surface area contributed by atoms with E-state index in [9.17, 15) is 14.4 Å². The average molecular weight is 332 g/mol. The van der Waals surface area contributed by atoms with Gasteiger partial charge in [-0.05, 0) is 26.0 Å². The highest BCUT2D eigenvalue weighted by atomic mass is 16.6. The number of rotatable bonds is 6. The minimum Gasteiger partial charge on any atom is -0.460 e. The summed E-state index contributed by atoms with van der Waals surface area (Å²) in [6.45, 7) is 3.01. The minimum atomic E-state index is -0.588. The number of nitrogens with zero attached hydrogens (tertiary/aromatic N) is 2. The maximum atomic E-state index is 12.3. The second-order valence-electron chi connectivity index (χ2n) is 5.61. The van der Waals surface area contributed by atoms with Gasteiger partial charge in [-0.3, -0.25) is 14.2 Å². The Labute approximate surface area is 139 Å². The van der Waals surface area contributed by atoms with Gasteiger partial charge in [0.2, 0.25) is 0 Å². The predicted octanol–water partition coefficient (Wildman–Crippen LogP) is 1.36. The van der Waals surface area contributed by atoms with Crippen LogP contribution < -0.4 is 5.56 Å². The Morgan fingerprint density at radius 3 is 2.62 bits per heavy atom. The lowest BCUT2D eigenvalue weighted by molar-refractivity contribution is -0.161. The molecule has 0 N–H and O–H groups in total. The Morgan fingerprint density at radius 2 is 1.92 bits per heavy atom. The molecule has 0 fully saturated rings. The Kier molecular flexibility index (Phi) is 5.68. The van der Waals surface area contributed by atoms with Crippen LogP contribution in [0.25, 0.3) is 10.9 Å². The Balaban J connectivity index is 1.98. The zero-order valence-electron chi connectivity index (χ0n) is 13.9. The molecule has 2 aromatic rings. The molecule has 0 bridgehead atoms. The number of fused-ring (bicyclic) bond motifs is 1. The molecule has 1 heterocycles. The van der Waals surface area contributed by atoms with E-state index in [0.29, 0.717) is 16.7 Å². The van der Waals surface area contributed by atoms with Gasteiger partial charge in [0.15, 0.2) is 6.61 Å². The summed E-state index contributed by atoms with van der Waals surface area (Å²) < 4.78 is 11.1. The van der Waals surface area contributed by atoms with Crippen LogP contribution in [0.5, 0.6) is 0 Å². The van der Waals surface area contributed by atoms with E-state index in [0.717, 1.165) is 0 Å². The van der Waals surface area contributed by atoms with E-state index in [1.165, 1.54) is 4.57 Å². The van der Waals surface area contributed by atoms with Crippen molar-refractivity contribution >= 4 is 22.8 Å². The van der Waals surface area contributed by atoms with Crippen LogP contribution in [0, 0.1) is 0 Å². The van der Waals surface area contributed by atoms with E-state index in [-0.39, 0.29) is 24.5 Å². The van der Waals surface area contributed by atoms with Crippen molar-refractivity contribution in [1.82, 2.24) is 9.55 Å². The lowest BCUT2D eigenvalue weighted by Gasteiger charge is -2.10. The number of hydrogen-bond donors (Lipinski definition) is 0. The molecule has 1 aromatic heterocycles. The predicted molar refractivity (Wildman–Crippen MR) is 87.5 cm³/mol. The highest BCUT2D eigenvalue weighted by Crippen LogP contribution is 2.08. The van der Waals surface area contributed by atoms with Gasteiger partial charge in [0.1, 0.15) is 5.82 Å². The normalized spacial score (nSPS) is 10.8. The maximum Gasteiger partial charge on any atom is 0.344 e. The topological polar surface area (TPSA) is 87.5 Å². The second kappa shape index (κ2) is 7.72. The molecule has 0 saturated heterocycles. The number of hydrogen-bond acceptors (Lipinski definition) is 6. The SMILES string of the molecule is CC(C)OC(=O)COC(=O)CCc1nc2ccccc2c(=O)n1C. The van der Waals surface area contributed by atoms with Gasteiger partial charge in [0, 0.05) is 13.5 Å². The summed E-state index contributed by atoms with van der Waals surface area (Å²) in [5.41, 5.74) is 0.425. The molecule has 0 amide bonds. The van der Waals surface area contributed by atoms with Crippen LogP contribution in [0.1, 0.15) is 26.1 Å². The van der Waals surface area contributed by atoms with Crippen LogP contribution in [0.4, 0.5) is 0 Å². The number of esters is 2. The lowest BCUT2D eigenvalue weighted by Crippen LogP contribution is -2.23. The Bertz CT molecular complexity index is 810. The van der Waals surface area contributed by atoms with Gasteiger partial charge in [-0.25, -0.2) is 9.78 Å². The molecule has 0 aliphatic heterocycles. The Morgan fingerprint density at radius 1 is 1.21 bits per heavy atom. The second-order valence-corrected chi connectivity index (χ2v) is 5.61. The summed E-state index contributed by atoms with van der Waals surface area (Å²) >= 11 is 0. The minimum absolute atomic E-state index is 0.0214. The van der Waals surface area contributed by atoms with Gasteiger partial charge >= 0.3 is 11.9 Å². The average Bonchev–Trinajstić information content (AvgIpc) is 2.54. The molecule has 1 aromatic carbocycles. The molecule has 0 unspecified atom stereocenters. The summed E-state index contributed by atoms with van der Waals surface area (Å²) in [5, 5.41) is 0.530. The number of benzene rings is 1. The number of aryl methyl sites for hydroxylation is 1. The quantitative estimate of drug-likeness (QED) is 0.742. The van der Waals surface area contributed by atoms with Crippen molar-refractivity contribution in [2.24, 2.45) is 7.05 Å². The molecular formula is C17H20N2O5. The van der Waals surface area contributed by atoms with Crippen molar-refractivity contribution < 1.29 is 19.1 Å². The first-order valence-corrected chi connectivity index (χ1v) is 7.68. The zero-order chi connectivity index (χ0) is 17.7. The molecule has 0 radical (unpaired) electrons. The zero-order valence-corrected chi connectivity index (χ0v) is 13.9. The molecule has 0 aliphatic carbocycles. The molecule has 24 heavy (non-hydrogen) atoms. The van der Waals surface area contributed by atoms with Crippen LogP contribution >= 0.6 is 0 Å². The molecule has 7 nitrogen and oxygen atoms in total. The van der Waals surface area contributed by atoms with Crippen LogP contribution in [0.3, 0.4) is 0 Å². The highest BCUT2D eigenvalue weighted by molar-refractivity contribution is 5.78. The van der Waals surface area contributed by atoms with Gasteiger partial charge in [-0.2, -0.15) is 0 Å². The third-order valence-electron chi connectivity index (χ3n) is 3.35. The van der Waals surface area contributed by atoms with Crippen LogP contribution in [0.2, 0.25) is 0 Å². The summed E-state index contributed by atoms with van der Waals surface area (Å²) in [6.07, 6.45) is 0.00917. The third kappa shape index (κ3) is 4.41. The summed E-state index contributed by atoms with van der Waals surface area (Å²) in [6, 6.07) is 7.04. The molecule has 0 aliphatic rings. The van der Waals surface area contributed by atoms with E-state index in [2.05, 4.69) is 4.98 Å². The standard InChI is InChI=1S/C17H20N2O5/c1-11(2)24-16(21)10-23-15(20)9-8-14-18-13-7-5-4-6-12(13)17(22)19(14)3/h4-7,11H,8-10H2,1-3H3. The third-order valence-corrected chi connectivity index (χ3v) is 3.35. The van der Waals surface area contributed by atoms with Crippen molar-refractivity contribution in [2.45, 2.75) is 32.8 Å². The number of carbonyl (C=O) groups is 2. The molecule has 0 atom stereocenters. The largest absolute Gasteiger partial charge is 0.460 e. The number of ether oxygens (including phenoxy) is 2. The fraction of sp³-hybridized carbons (Fsp3) is 0.412. The summed E-state index contributed by atoms with van der Waals surface area (Å²) in [4.78, 5) is 39.7. The first kappa shape index (κ1) is 17.7. The molecule has 2 rings (SSSR count). The Hall–Kier alpha value is -2.70. The van der Waals surface area contributed by atoms with Crippen molar-refractivity contribution in [1.29, 1.82) is 0 Å². The fourth-order valence-electron chi connectivity index (χ4n) is 2.21. The molecule has 0 saturated carbocycles. The van der Waals surface area contributed by atoms with Gasteiger partial charge < -0.3 is 9.47 Å². The van der Waals surface area contributed by atoms with Crippen LogP contribution in [0.15, 0.2) is 29.1 Å². The summed E-state index contributed by atoms with van der Waals surface area (Å²) in [5.74, 6) is -0.645. The van der Waals surface area contributed by atoms with Crippen molar-refractivity contribution in [2.75, 3.05) is 6.61 Å². The van der Waals surface area contributed by atoms with E-state index in [1.807, 2.05) is 0 Å². The number of para-hydroxylation sites is 1. The maximum absolute atomic E-state index is 12.3. The van der Waals surface area contributed by atoms with E-state index < -0.39 is 18.5 Å². The van der Waals surface area contributed by atoms with Gasteiger partial charge in [0.25, 0.3) is 5.56 Å². The first-order valence-electron chi connectivity index (χ1n) is 7.68. The van der Waals surface area contributed by atoms with Crippen molar-refractivity contribution in [3.8, 4) is 0 Å². The molecule has 7 heteroatoms. The smallest absolute Gasteiger partial charge is 0.344 e. The monoisotopic (exact) mass is 332 g/mol. The van der Waals surface area contributed by atoms with Gasteiger partial charge in [-0.1, -0.05) is 12.1 Å². The first-order chi connectivity index (χ1) is 11.4. The number of carbonyl (C=O) groups excluding carboxylic acids is 2. The summed E-state index contributed by atoms with van der Waals surface area (Å²) in [7, 11) is 1.61. The van der Waals surface area contributed by atoms with Gasteiger partial charge in [0.05, 0.1) is 23.4 Å². The van der Waals surface area contributed by atoms with E-state index >= 15 is 0 Å². The van der Waals surface area contributed by atoms with Crippen LogP contribution in [-0.4, -0.2) is 34.2 Å². The van der Waals surface area contributed by atoms with Crippen LogP contribution in [-0.2, 0) is 32.5 Å². The van der Waals surface area contributed by atoms with Crippen molar-refractivity contribution in [3.05, 3.63) is 40.4 Å². The van der Waals surface area contributed by atoms with Crippen molar-refractivity contribution in [3.63, 3.8) is 0 Å².